The predicted molar refractivity (Wildman–Crippen MR) is 68.2 cm³/mol. The zero-order valence-corrected chi connectivity index (χ0v) is 10.6. The summed E-state index contributed by atoms with van der Waals surface area (Å²) < 4.78 is 5.41. The average molecular weight is 236 g/mol. The Morgan fingerprint density at radius 2 is 2.06 bits per heavy atom. The molecule has 94 valence electrons. The number of hydrogen-bond donors (Lipinski definition) is 2. The standard InChI is InChI=1S/C13H20N2O2/c1-4-17-11-8-6-5-7-10(11)12(16)15-13(2,3)9-14/h5-8H,4,9,14H2,1-3H3,(H,15,16). The largest absolute Gasteiger partial charge is 0.493 e. The molecule has 0 aliphatic heterocycles. The molecule has 3 N–H and O–H groups in total. The molecular weight excluding hydrogens is 216 g/mol. The van der Waals surface area contributed by atoms with Crippen LogP contribution in [0.3, 0.4) is 0 Å². The first-order valence-electron chi connectivity index (χ1n) is 5.74. The van der Waals surface area contributed by atoms with Crippen molar-refractivity contribution in [2.75, 3.05) is 13.2 Å². The number of para-hydroxylation sites is 1. The fourth-order valence-electron chi connectivity index (χ4n) is 1.36. The first-order chi connectivity index (χ1) is 8.00. The molecule has 0 aliphatic rings. The third-order valence-corrected chi connectivity index (χ3v) is 2.39. The van der Waals surface area contributed by atoms with Gasteiger partial charge in [-0.1, -0.05) is 12.1 Å². The molecule has 0 heterocycles. The molecule has 0 fully saturated rings. The highest BCUT2D eigenvalue weighted by molar-refractivity contribution is 5.97. The molecule has 0 atom stereocenters. The fourth-order valence-corrected chi connectivity index (χ4v) is 1.36. The Morgan fingerprint density at radius 1 is 1.41 bits per heavy atom. The number of rotatable bonds is 5. The van der Waals surface area contributed by atoms with Crippen LogP contribution in [0.15, 0.2) is 24.3 Å². The number of carbonyl (C=O) groups excluding carboxylic acids is 1. The van der Waals surface area contributed by atoms with Crippen molar-refractivity contribution in [1.82, 2.24) is 5.32 Å². The van der Waals surface area contributed by atoms with E-state index < -0.39 is 5.54 Å². The summed E-state index contributed by atoms with van der Waals surface area (Å²) in [6.45, 7) is 6.57. The van der Waals surface area contributed by atoms with Crippen molar-refractivity contribution in [3.63, 3.8) is 0 Å². The van der Waals surface area contributed by atoms with Gasteiger partial charge in [-0.15, -0.1) is 0 Å². The summed E-state index contributed by atoms with van der Waals surface area (Å²) in [5.41, 5.74) is 5.70. The van der Waals surface area contributed by atoms with Crippen LogP contribution in [-0.4, -0.2) is 24.6 Å². The maximum Gasteiger partial charge on any atom is 0.255 e. The van der Waals surface area contributed by atoms with Crippen molar-refractivity contribution in [2.45, 2.75) is 26.3 Å². The lowest BCUT2D eigenvalue weighted by Crippen LogP contribution is -2.48. The highest BCUT2D eigenvalue weighted by Crippen LogP contribution is 2.18. The van der Waals surface area contributed by atoms with Crippen molar-refractivity contribution in [3.8, 4) is 5.75 Å². The van der Waals surface area contributed by atoms with Crippen LogP contribution in [0.4, 0.5) is 0 Å². The van der Waals surface area contributed by atoms with E-state index in [4.69, 9.17) is 10.5 Å². The molecule has 4 heteroatoms. The van der Waals surface area contributed by atoms with Crippen molar-refractivity contribution in [3.05, 3.63) is 29.8 Å². The van der Waals surface area contributed by atoms with Gasteiger partial charge in [-0.05, 0) is 32.9 Å². The molecule has 0 aliphatic carbocycles. The van der Waals surface area contributed by atoms with Crippen LogP contribution in [0.1, 0.15) is 31.1 Å². The SMILES string of the molecule is CCOc1ccccc1C(=O)NC(C)(C)CN. The van der Waals surface area contributed by atoms with Gasteiger partial charge in [-0.3, -0.25) is 4.79 Å². The highest BCUT2D eigenvalue weighted by atomic mass is 16.5. The maximum absolute atomic E-state index is 12.1. The molecule has 0 unspecified atom stereocenters. The monoisotopic (exact) mass is 236 g/mol. The van der Waals surface area contributed by atoms with Gasteiger partial charge >= 0.3 is 0 Å². The number of ether oxygens (including phenoxy) is 1. The van der Waals surface area contributed by atoms with Gasteiger partial charge in [0.1, 0.15) is 5.75 Å². The quantitative estimate of drug-likeness (QED) is 0.815. The van der Waals surface area contributed by atoms with E-state index in [0.717, 1.165) is 0 Å². The second-order valence-electron chi connectivity index (χ2n) is 4.47. The van der Waals surface area contributed by atoms with E-state index in [1.165, 1.54) is 0 Å². The van der Waals surface area contributed by atoms with Gasteiger partial charge in [0.2, 0.25) is 0 Å². The molecule has 0 radical (unpaired) electrons. The summed E-state index contributed by atoms with van der Waals surface area (Å²) in [5, 5.41) is 2.88. The van der Waals surface area contributed by atoms with Gasteiger partial charge in [0.05, 0.1) is 12.2 Å². The normalized spacial score (nSPS) is 11.1. The van der Waals surface area contributed by atoms with E-state index in [1.807, 2.05) is 32.9 Å². The van der Waals surface area contributed by atoms with E-state index in [9.17, 15) is 4.79 Å². The lowest BCUT2D eigenvalue weighted by Gasteiger charge is -2.24. The highest BCUT2D eigenvalue weighted by Gasteiger charge is 2.21. The third-order valence-electron chi connectivity index (χ3n) is 2.39. The molecular formula is C13H20N2O2. The summed E-state index contributed by atoms with van der Waals surface area (Å²) >= 11 is 0. The van der Waals surface area contributed by atoms with Gasteiger partial charge in [0.15, 0.2) is 0 Å². The smallest absolute Gasteiger partial charge is 0.255 e. The van der Waals surface area contributed by atoms with Crippen LogP contribution in [0.25, 0.3) is 0 Å². The van der Waals surface area contributed by atoms with Gasteiger partial charge in [-0.25, -0.2) is 0 Å². The first kappa shape index (κ1) is 13.5. The molecule has 17 heavy (non-hydrogen) atoms. The van der Waals surface area contributed by atoms with Crippen molar-refractivity contribution in [1.29, 1.82) is 0 Å². The molecule has 0 saturated heterocycles. The van der Waals surface area contributed by atoms with Crippen molar-refractivity contribution < 1.29 is 9.53 Å². The Labute approximate surface area is 102 Å². The van der Waals surface area contributed by atoms with Crippen LogP contribution >= 0.6 is 0 Å². The predicted octanol–water partition coefficient (Wildman–Crippen LogP) is 1.55. The second-order valence-corrected chi connectivity index (χ2v) is 4.47. The van der Waals surface area contributed by atoms with E-state index in [2.05, 4.69) is 5.32 Å². The minimum absolute atomic E-state index is 0.162. The van der Waals surface area contributed by atoms with Gasteiger partial charge in [0, 0.05) is 12.1 Å². The van der Waals surface area contributed by atoms with E-state index >= 15 is 0 Å². The Kier molecular flexibility index (Phi) is 4.52. The molecule has 4 nitrogen and oxygen atoms in total. The van der Waals surface area contributed by atoms with Crippen molar-refractivity contribution in [2.24, 2.45) is 5.73 Å². The Morgan fingerprint density at radius 3 is 2.65 bits per heavy atom. The summed E-state index contributed by atoms with van der Waals surface area (Å²) in [7, 11) is 0. The van der Waals surface area contributed by atoms with Crippen LogP contribution in [0.2, 0.25) is 0 Å². The van der Waals surface area contributed by atoms with Crippen molar-refractivity contribution >= 4 is 5.91 Å². The summed E-state index contributed by atoms with van der Waals surface area (Å²) in [6.07, 6.45) is 0. The molecule has 1 amide bonds. The van der Waals surface area contributed by atoms with Crippen LogP contribution in [0.5, 0.6) is 5.75 Å². The fraction of sp³-hybridized carbons (Fsp3) is 0.462. The number of carbonyl (C=O) groups is 1. The number of hydrogen-bond acceptors (Lipinski definition) is 3. The average Bonchev–Trinajstić information content (AvgIpc) is 2.29. The number of nitrogens with two attached hydrogens (primary N) is 1. The third kappa shape index (κ3) is 3.75. The summed E-state index contributed by atoms with van der Waals surface area (Å²) in [6, 6.07) is 7.18. The molecule has 1 aromatic rings. The topological polar surface area (TPSA) is 64.3 Å². The molecule has 0 spiro atoms. The Bertz CT molecular complexity index is 389. The lowest BCUT2D eigenvalue weighted by atomic mass is 10.0. The maximum atomic E-state index is 12.1. The molecule has 0 aromatic heterocycles. The first-order valence-corrected chi connectivity index (χ1v) is 5.74. The Balaban J connectivity index is 2.88. The van der Waals surface area contributed by atoms with Crippen LogP contribution < -0.4 is 15.8 Å². The number of benzene rings is 1. The van der Waals surface area contributed by atoms with E-state index in [0.29, 0.717) is 24.5 Å². The molecule has 0 bridgehead atoms. The van der Waals surface area contributed by atoms with Gasteiger partial charge in [0.25, 0.3) is 5.91 Å². The molecule has 0 saturated carbocycles. The minimum Gasteiger partial charge on any atom is -0.493 e. The van der Waals surface area contributed by atoms with E-state index in [-0.39, 0.29) is 5.91 Å². The molecule has 1 aromatic carbocycles. The van der Waals surface area contributed by atoms with Gasteiger partial charge < -0.3 is 15.8 Å². The summed E-state index contributed by atoms with van der Waals surface area (Å²) in [5.74, 6) is 0.435. The number of amides is 1. The Hall–Kier alpha value is -1.55. The van der Waals surface area contributed by atoms with Crippen LogP contribution in [0, 0.1) is 0 Å². The van der Waals surface area contributed by atoms with Crippen LogP contribution in [-0.2, 0) is 0 Å². The number of nitrogens with one attached hydrogen (secondary N) is 1. The van der Waals surface area contributed by atoms with Gasteiger partial charge in [-0.2, -0.15) is 0 Å². The summed E-state index contributed by atoms with van der Waals surface area (Å²) in [4.78, 5) is 12.1. The lowest BCUT2D eigenvalue weighted by molar-refractivity contribution is 0.0912. The minimum atomic E-state index is -0.420. The second kappa shape index (κ2) is 5.68. The van der Waals surface area contributed by atoms with E-state index in [1.54, 1.807) is 12.1 Å². The zero-order chi connectivity index (χ0) is 12.9. The zero-order valence-electron chi connectivity index (χ0n) is 10.6. The molecule has 1 rings (SSSR count).